The number of carbonyl (C=O) groups excluding carboxylic acids is 4. The van der Waals surface area contributed by atoms with Gasteiger partial charge in [0.15, 0.2) is 5.13 Å². The van der Waals surface area contributed by atoms with Crippen LogP contribution >= 0.6 is 11.3 Å². The van der Waals surface area contributed by atoms with Crippen LogP contribution in [0.2, 0.25) is 0 Å². The van der Waals surface area contributed by atoms with E-state index in [-0.39, 0.29) is 53.5 Å². The SMILES string of the molecule is CC(C)CC(=O)N1C[C@H](NC(=O)c2csc(N)n2)C(=O)N2C1CN(CC1CCNCC1)C(=O)[C@@H]2CC(C)C. The van der Waals surface area contributed by atoms with Crippen molar-refractivity contribution in [3.8, 4) is 0 Å². The molecule has 3 saturated heterocycles. The van der Waals surface area contributed by atoms with Gasteiger partial charge in [0, 0.05) is 18.3 Å². The molecular formula is C26H41N7O4S. The largest absolute Gasteiger partial charge is 0.375 e. The number of carbonyl (C=O) groups is 4. The summed E-state index contributed by atoms with van der Waals surface area (Å²) in [6.07, 6.45) is 2.24. The zero-order chi connectivity index (χ0) is 27.6. The lowest BCUT2D eigenvalue weighted by Crippen LogP contribution is -2.76. The molecule has 11 nitrogen and oxygen atoms in total. The highest BCUT2D eigenvalue weighted by Gasteiger charge is 2.52. The number of piperidine rings is 1. The summed E-state index contributed by atoms with van der Waals surface area (Å²) >= 11 is 1.14. The van der Waals surface area contributed by atoms with Crippen molar-refractivity contribution in [3.05, 3.63) is 11.1 Å². The first-order valence-corrected chi connectivity index (χ1v) is 14.6. The summed E-state index contributed by atoms with van der Waals surface area (Å²) < 4.78 is 0. The van der Waals surface area contributed by atoms with Crippen LogP contribution in [0.5, 0.6) is 0 Å². The second kappa shape index (κ2) is 12.0. The molecule has 0 bridgehead atoms. The smallest absolute Gasteiger partial charge is 0.271 e. The number of anilines is 1. The number of aromatic nitrogens is 1. The highest BCUT2D eigenvalue weighted by atomic mass is 32.1. The maximum atomic E-state index is 13.9. The minimum Gasteiger partial charge on any atom is -0.375 e. The molecule has 0 aliphatic carbocycles. The first-order valence-electron chi connectivity index (χ1n) is 13.7. The number of amides is 4. The molecule has 1 unspecified atom stereocenters. The normalized spacial score (nSPS) is 24.8. The van der Waals surface area contributed by atoms with Gasteiger partial charge in [-0.3, -0.25) is 19.2 Å². The molecule has 12 heteroatoms. The average molecular weight is 548 g/mol. The van der Waals surface area contributed by atoms with Crippen molar-refractivity contribution >= 4 is 40.1 Å². The van der Waals surface area contributed by atoms with Gasteiger partial charge in [0.1, 0.15) is 23.9 Å². The molecule has 4 amide bonds. The molecule has 3 aliphatic heterocycles. The Morgan fingerprint density at radius 2 is 1.84 bits per heavy atom. The molecule has 3 fully saturated rings. The minimum absolute atomic E-state index is 0.0562. The Morgan fingerprint density at radius 1 is 1.13 bits per heavy atom. The van der Waals surface area contributed by atoms with Crippen LogP contribution in [0, 0.1) is 17.8 Å². The average Bonchev–Trinajstić information content (AvgIpc) is 3.29. The van der Waals surface area contributed by atoms with Gasteiger partial charge in [-0.2, -0.15) is 0 Å². The lowest BCUT2D eigenvalue weighted by molar-refractivity contribution is -0.178. The molecule has 0 radical (unpaired) electrons. The van der Waals surface area contributed by atoms with Crippen molar-refractivity contribution < 1.29 is 19.2 Å². The van der Waals surface area contributed by atoms with Gasteiger partial charge in [0.2, 0.25) is 17.7 Å². The Morgan fingerprint density at radius 3 is 2.45 bits per heavy atom. The first-order chi connectivity index (χ1) is 18.0. The maximum Gasteiger partial charge on any atom is 0.271 e. The van der Waals surface area contributed by atoms with E-state index >= 15 is 0 Å². The minimum atomic E-state index is -0.976. The van der Waals surface area contributed by atoms with Crippen LogP contribution in [-0.4, -0.2) is 94.3 Å². The highest BCUT2D eigenvalue weighted by Crippen LogP contribution is 2.31. The molecule has 3 aliphatic rings. The van der Waals surface area contributed by atoms with Gasteiger partial charge < -0.3 is 31.1 Å². The van der Waals surface area contributed by atoms with E-state index in [1.807, 2.05) is 32.6 Å². The third-order valence-electron chi connectivity index (χ3n) is 7.52. The number of nitrogens with one attached hydrogen (secondary N) is 2. The molecule has 210 valence electrons. The van der Waals surface area contributed by atoms with E-state index in [9.17, 15) is 19.2 Å². The number of nitrogens with zero attached hydrogens (tertiary/aromatic N) is 4. The summed E-state index contributed by atoms with van der Waals surface area (Å²) in [6.45, 7) is 10.8. The Labute approximate surface area is 228 Å². The van der Waals surface area contributed by atoms with Crippen LogP contribution in [0.25, 0.3) is 0 Å². The van der Waals surface area contributed by atoms with Gasteiger partial charge in [0.05, 0.1) is 13.1 Å². The van der Waals surface area contributed by atoms with Crippen LogP contribution < -0.4 is 16.4 Å². The summed E-state index contributed by atoms with van der Waals surface area (Å²) in [5, 5.41) is 7.93. The summed E-state index contributed by atoms with van der Waals surface area (Å²) in [5.41, 5.74) is 5.81. The quantitative estimate of drug-likeness (QED) is 0.443. The van der Waals surface area contributed by atoms with E-state index in [4.69, 9.17) is 5.73 Å². The second-order valence-corrected chi connectivity index (χ2v) is 12.4. The van der Waals surface area contributed by atoms with Gasteiger partial charge in [-0.25, -0.2) is 4.98 Å². The fourth-order valence-electron chi connectivity index (χ4n) is 5.71. The summed E-state index contributed by atoms with van der Waals surface area (Å²) in [5.74, 6) is -0.339. The fraction of sp³-hybridized carbons (Fsp3) is 0.731. The van der Waals surface area contributed by atoms with Gasteiger partial charge in [-0.05, 0) is 50.1 Å². The van der Waals surface area contributed by atoms with Crippen molar-refractivity contribution in [3.63, 3.8) is 0 Å². The van der Waals surface area contributed by atoms with E-state index in [0.717, 1.165) is 37.3 Å². The summed E-state index contributed by atoms with van der Waals surface area (Å²) in [7, 11) is 0. The van der Waals surface area contributed by atoms with Crippen LogP contribution in [-0.2, 0) is 14.4 Å². The summed E-state index contributed by atoms with van der Waals surface area (Å²) in [6, 6.07) is -1.66. The number of nitrogens with two attached hydrogens (primary N) is 1. The van der Waals surface area contributed by atoms with Crippen LogP contribution in [0.15, 0.2) is 5.38 Å². The van der Waals surface area contributed by atoms with E-state index in [2.05, 4.69) is 15.6 Å². The van der Waals surface area contributed by atoms with Crippen molar-refractivity contribution in [1.29, 1.82) is 0 Å². The molecular weight excluding hydrogens is 506 g/mol. The Hall–Kier alpha value is -2.73. The molecule has 4 N–H and O–H groups in total. The van der Waals surface area contributed by atoms with Crippen molar-refractivity contribution in [2.75, 3.05) is 38.5 Å². The number of piperazine rings is 1. The van der Waals surface area contributed by atoms with Crippen molar-refractivity contribution in [2.24, 2.45) is 17.8 Å². The zero-order valence-electron chi connectivity index (χ0n) is 22.8. The number of hydrogen-bond donors (Lipinski definition) is 3. The number of nitrogen functional groups attached to an aromatic ring is 1. The molecule has 1 aromatic rings. The van der Waals surface area contributed by atoms with Crippen molar-refractivity contribution in [1.82, 2.24) is 30.3 Å². The molecule has 38 heavy (non-hydrogen) atoms. The monoisotopic (exact) mass is 547 g/mol. The highest BCUT2D eigenvalue weighted by molar-refractivity contribution is 7.13. The molecule has 3 atom stereocenters. The number of rotatable bonds is 8. The second-order valence-electron chi connectivity index (χ2n) is 11.5. The predicted octanol–water partition coefficient (Wildman–Crippen LogP) is 1.12. The van der Waals surface area contributed by atoms with E-state index in [1.165, 1.54) is 5.38 Å². The first kappa shape index (κ1) is 28.3. The van der Waals surface area contributed by atoms with Gasteiger partial charge in [-0.15, -0.1) is 11.3 Å². The lowest BCUT2D eigenvalue weighted by Gasteiger charge is -2.54. The maximum absolute atomic E-state index is 13.9. The van der Waals surface area contributed by atoms with Gasteiger partial charge in [-0.1, -0.05) is 27.7 Å². The molecule has 1 aromatic heterocycles. The van der Waals surface area contributed by atoms with Gasteiger partial charge in [0.25, 0.3) is 5.91 Å². The van der Waals surface area contributed by atoms with Gasteiger partial charge >= 0.3 is 0 Å². The Balaban J connectivity index is 1.64. The molecule has 0 saturated carbocycles. The van der Waals surface area contributed by atoms with Crippen LogP contribution in [0.3, 0.4) is 0 Å². The third-order valence-corrected chi connectivity index (χ3v) is 8.20. The van der Waals surface area contributed by atoms with Crippen LogP contribution in [0.4, 0.5) is 5.13 Å². The fourth-order valence-corrected chi connectivity index (χ4v) is 6.25. The Bertz CT molecular complexity index is 1040. The third kappa shape index (κ3) is 6.28. The predicted molar refractivity (Wildman–Crippen MR) is 145 cm³/mol. The molecule has 4 rings (SSSR count). The number of thiazole rings is 1. The topological polar surface area (TPSA) is 141 Å². The Kier molecular flexibility index (Phi) is 8.92. The number of fused-ring (bicyclic) bond motifs is 1. The zero-order valence-corrected chi connectivity index (χ0v) is 23.6. The van der Waals surface area contributed by atoms with Crippen LogP contribution in [0.1, 0.15) is 63.9 Å². The van der Waals surface area contributed by atoms with E-state index in [1.54, 1.807) is 9.80 Å². The standard InChI is InChI=1S/C26H41N7O4S/c1-15(2)9-20-25(37)31(11-17-5-7-28-8-6-17)13-21-32(22(34)10-16(3)4)12-18(24(36)33(20)21)29-23(35)19-14-38-26(27)30-19/h14-18,20-21,28H,5-13H2,1-4H3,(H2,27,30)(H,29,35)/t18-,20-,21?/m0/s1. The van der Waals surface area contributed by atoms with Crippen molar-refractivity contribution in [2.45, 2.75) is 71.6 Å². The lowest BCUT2D eigenvalue weighted by atomic mass is 9.92. The molecule has 0 spiro atoms. The van der Waals surface area contributed by atoms with E-state index < -0.39 is 24.2 Å². The summed E-state index contributed by atoms with van der Waals surface area (Å²) in [4.78, 5) is 63.4. The molecule has 0 aromatic carbocycles. The molecule has 4 heterocycles. The van der Waals surface area contributed by atoms with E-state index in [0.29, 0.717) is 25.3 Å². The number of hydrogen-bond acceptors (Lipinski definition) is 8.